The molecule has 0 radical (unpaired) electrons. The summed E-state index contributed by atoms with van der Waals surface area (Å²) >= 11 is 0. The van der Waals surface area contributed by atoms with Gasteiger partial charge < -0.3 is 19.2 Å². The number of nitrogens with zero attached hydrogens (tertiary/aromatic N) is 1. The Balaban J connectivity index is 1.91. The number of benzene rings is 1. The van der Waals surface area contributed by atoms with E-state index < -0.39 is 0 Å². The van der Waals surface area contributed by atoms with E-state index in [0.717, 1.165) is 10.9 Å². The molecule has 0 bridgehead atoms. The van der Waals surface area contributed by atoms with Crippen LogP contribution in [0.2, 0.25) is 0 Å². The Morgan fingerprint density at radius 2 is 2.04 bits per heavy atom. The predicted molar refractivity (Wildman–Crippen MR) is 85.7 cm³/mol. The third-order valence-electron chi connectivity index (χ3n) is 3.40. The molecule has 118 valence electrons. The Kier molecular flexibility index (Phi) is 4.25. The molecule has 2 heterocycles. The molecular weight excluding hydrogens is 296 g/mol. The van der Waals surface area contributed by atoms with E-state index in [0.29, 0.717) is 23.8 Å². The zero-order valence-electron chi connectivity index (χ0n) is 12.8. The minimum Gasteiger partial charge on any atom is -0.481 e. The fraction of sp³-hybridized carbons (Fsp3) is 0.176. The number of rotatable bonds is 5. The lowest BCUT2D eigenvalue weighted by Gasteiger charge is -2.05. The fourth-order valence-corrected chi connectivity index (χ4v) is 2.33. The van der Waals surface area contributed by atoms with Gasteiger partial charge in [-0.25, -0.2) is 4.98 Å². The van der Waals surface area contributed by atoms with E-state index in [1.807, 2.05) is 24.3 Å². The lowest BCUT2D eigenvalue weighted by atomic mass is 10.1. The molecule has 6 heteroatoms. The fourth-order valence-electron chi connectivity index (χ4n) is 2.33. The number of hydrogen-bond acceptors (Lipinski definition) is 5. The minimum atomic E-state index is -0.347. The van der Waals surface area contributed by atoms with Gasteiger partial charge in [-0.2, -0.15) is 0 Å². The smallest absolute Gasteiger partial charge is 0.291 e. The Bertz CT molecular complexity index is 824. The molecule has 6 nitrogen and oxygen atoms in total. The first-order valence-corrected chi connectivity index (χ1v) is 7.03. The van der Waals surface area contributed by atoms with E-state index in [9.17, 15) is 4.79 Å². The Morgan fingerprint density at radius 1 is 1.22 bits per heavy atom. The molecule has 0 spiro atoms. The monoisotopic (exact) mass is 312 g/mol. The number of aromatic nitrogens is 1. The van der Waals surface area contributed by atoms with Crippen LogP contribution < -0.4 is 10.1 Å². The predicted octanol–water partition coefficient (Wildman–Crippen LogP) is 3.24. The van der Waals surface area contributed by atoms with Crippen LogP contribution in [0.25, 0.3) is 11.0 Å². The Morgan fingerprint density at radius 3 is 2.74 bits per heavy atom. The number of fused-ring (bicyclic) bond motifs is 1. The molecule has 23 heavy (non-hydrogen) atoms. The quantitative estimate of drug-likeness (QED) is 0.783. The molecule has 0 unspecified atom stereocenters. The summed E-state index contributed by atoms with van der Waals surface area (Å²) in [6.45, 7) is 0.292. The number of carbonyl (C=O) groups is 1. The maximum absolute atomic E-state index is 12.5. The molecule has 0 aliphatic carbocycles. The summed E-state index contributed by atoms with van der Waals surface area (Å²) in [7, 11) is 3.11. The molecule has 0 saturated carbocycles. The number of ether oxygens (including phenoxy) is 2. The summed E-state index contributed by atoms with van der Waals surface area (Å²) in [6.07, 6.45) is 1.52. The van der Waals surface area contributed by atoms with Crippen LogP contribution in [-0.2, 0) is 11.3 Å². The average Bonchev–Trinajstić information content (AvgIpc) is 2.95. The van der Waals surface area contributed by atoms with Gasteiger partial charge >= 0.3 is 0 Å². The van der Waals surface area contributed by atoms with Crippen molar-refractivity contribution in [2.24, 2.45) is 0 Å². The van der Waals surface area contributed by atoms with E-state index in [-0.39, 0.29) is 11.7 Å². The zero-order valence-corrected chi connectivity index (χ0v) is 12.8. The van der Waals surface area contributed by atoms with Crippen molar-refractivity contribution >= 4 is 22.6 Å². The first kappa shape index (κ1) is 15.1. The van der Waals surface area contributed by atoms with Crippen molar-refractivity contribution in [3.05, 3.63) is 53.9 Å². The normalized spacial score (nSPS) is 10.7. The van der Waals surface area contributed by atoms with Crippen molar-refractivity contribution in [3.63, 3.8) is 0 Å². The zero-order chi connectivity index (χ0) is 16.2. The van der Waals surface area contributed by atoms with Crippen molar-refractivity contribution in [1.82, 2.24) is 4.98 Å². The lowest BCUT2D eigenvalue weighted by Crippen LogP contribution is -2.13. The van der Waals surface area contributed by atoms with Crippen molar-refractivity contribution in [3.8, 4) is 5.88 Å². The second-order valence-electron chi connectivity index (χ2n) is 4.88. The molecule has 1 amide bonds. The van der Waals surface area contributed by atoms with Crippen LogP contribution in [0.4, 0.5) is 5.69 Å². The molecular formula is C17H16N2O4. The molecule has 0 aliphatic heterocycles. The molecule has 1 N–H and O–H groups in total. The molecule has 3 rings (SSSR count). The van der Waals surface area contributed by atoms with Crippen LogP contribution in [-0.4, -0.2) is 25.1 Å². The highest BCUT2D eigenvalue weighted by Gasteiger charge is 2.20. The number of nitrogens with one attached hydrogen (secondary N) is 1. The number of amides is 1. The van der Waals surface area contributed by atoms with E-state index in [2.05, 4.69) is 10.3 Å². The van der Waals surface area contributed by atoms with Crippen LogP contribution in [0.3, 0.4) is 0 Å². The number of pyridine rings is 1. The second kappa shape index (κ2) is 6.50. The van der Waals surface area contributed by atoms with Crippen molar-refractivity contribution < 1.29 is 18.7 Å². The highest BCUT2D eigenvalue weighted by Crippen LogP contribution is 2.27. The molecule has 0 saturated heterocycles. The van der Waals surface area contributed by atoms with Crippen LogP contribution in [0, 0.1) is 0 Å². The average molecular weight is 312 g/mol. The maximum Gasteiger partial charge on any atom is 0.291 e. The highest BCUT2D eigenvalue weighted by atomic mass is 16.5. The summed E-state index contributed by atoms with van der Waals surface area (Å²) in [5.41, 5.74) is 1.93. The highest BCUT2D eigenvalue weighted by molar-refractivity contribution is 6.06. The molecule has 0 atom stereocenters. The van der Waals surface area contributed by atoms with E-state index in [4.69, 9.17) is 13.9 Å². The SMILES string of the molecule is COCc1c(C(=O)Nc2ccc(OC)nc2)oc2ccccc12. The third-order valence-corrected chi connectivity index (χ3v) is 3.40. The lowest BCUT2D eigenvalue weighted by molar-refractivity contribution is 0.0992. The van der Waals surface area contributed by atoms with Gasteiger partial charge in [0, 0.05) is 24.1 Å². The molecule has 0 aliphatic rings. The van der Waals surface area contributed by atoms with E-state index >= 15 is 0 Å². The van der Waals surface area contributed by atoms with Gasteiger partial charge in [-0.05, 0) is 12.1 Å². The van der Waals surface area contributed by atoms with Gasteiger partial charge in [-0.15, -0.1) is 0 Å². The number of para-hydroxylation sites is 1. The van der Waals surface area contributed by atoms with Crippen molar-refractivity contribution in [2.45, 2.75) is 6.61 Å². The summed E-state index contributed by atoms with van der Waals surface area (Å²) in [4.78, 5) is 16.6. The van der Waals surface area contributed by atoms with Crippen LogP contribution in [0.15, 0.2) is 47.0 Å². The number of furan rings is 1. The first-order valence-electron chi connectivity index (χ1n) is 7.03. The van der Waals surface area contributed by atoms with Crippen molar-refractivity contribution in [1.29, 1.82) is 0 Å². The summed E-state index contributed by atoms with van der Waals surface area (Å²) in [5, 5.41) is 3.63. The standard InChI is InChI=1S/C17H16N2O4/c1-21-10-13-12-5-3-4-6-14(12)23-16(13)17(20)19-11-7-8-15(22-2)18-9-11/h3-9H,10H2,1-2H3,(H,19,20). The van der Waals surface area contributed by atoms with E-state index in [1.54, 1.807) is 19.2 Å². The van der Waals surface area contributed by atoms with Gasteiger partial charge in [0.15, 0.2) is 5.76 Å². The molecule has 2 aromatic heterocycles. The van der Waals surface area contributed by atoms with Crippen molar-refractivity contribution in [2.75, 3.05) is 19.5 Å². The number of hydrogen-bond donors (Lipinski definition) is 1. The second-order valence-corrected chi connectivity index (χ2v) is 4.88. The summed E-state index contributed by atoms with van der Waals surface area (Å²) < 4.78 is 15.9. The van der Waals surface area contributed by atoms with Gasteiger partial charge in [0.1, 0.15) is 5.58 Å². The third kappa shape index (κ3) is 3.02. The van der Waals surface area contributed by atoms with Gasteiger partial charge in [0.05, 0.1) is 25.6 Å². The largest absolute Gasteiger partial charge is 0.481 e. The number of methoxy groups -OCH3 is 2. The minimum absolute atomic E-state index is 0.240. The van der Waals surface area contributed by atoms with Gasteiger partial charge in [0.25, 0.3) is 5.91 Å². The van der Waals surface area contributed by atoms with Gasteiger partial charge in [0.2, 0.25) is 5.88 Å². The Labute approximate surface area is 133 Å². The first-order chi connectivity index (χ1) is 11.2. The Hall–Kier alpha value is -2.86. The topological polar surface area (TPSA) is 73.6 Å². The molecule has 0 fully saturated rings. The molecule has 1 aromatic carbocycles. The number of anilines is 1. The number of carbonyl (C=O) groups excluding carboxylic acids is 1. The summed E-state index contributed by atoms with van der Waals surface area (Å²) in [5.74, 6) is 0.371. The van der Waals surface area contributed by atoms with Gasteiger partial charge in [-0.1, -0.05) is 18.2 Å². The van der Waals surface area contributed by atoms with Crippen LogP contribution in [0.1, 0.15) is 16.1 Å². The van der Waals surface area contributed by atoms with Crippen LogP contribution in [0.5, 0.6) is 5.88 Å². The van der Waals surface area contributed by atoms with Gasteiger partial charge in [-0.3, -0.25) is 4.79 Å². The maximum atomic E-state index is 12.5. The van der Waals surface area contributed by atoms with Crippen LogP contribution >= 0.6 is 0 Å². The van der Waals surface area contributed by atoms with E-state index in [1.165, 1.54) is 13.3 Å². The summed E-state index contributed by atoms with van der Waals surface area (Å²) in [6, 6.07) is 10.9. The molecule has 3 aromatic rings.